The summed E-state index contributed by atoms with van der Waals surface area (Å²) < 4.78 is 0. The highest BCUT2D eigenvalue weighted by Crippen LogP contribution is 2.29. The molecule has 1 aromatic carbocycles. The van der Waals surface area contributed by atoms with Crippen molar-refractivity contribution in [2.24, 2.45) is 0 Å². The number of nitrogens with one attached hydrogen (secondary N) is 2. The Morgan fingerprint density at radius 2 is 1.69 bits per heavy atom. The van der Waals surface area contributed by atoms with E-state index >= 15 is 0 Å². The second kappa shape index (κ2) is 9.35. The Balaban J connectivity index is 1.38. The maximum absolute atomic E-state index is 12.3. The summed E-state index contributed by atoms with van der Waals surface area (Å²) in [6.07, 6.45) is 0.993. The predicted molar refractivity (Wildman–Crippen MR) is 117 cm³/mol. The third-order valence-electron chi connectivity index (χ3n) is 5.14. The highest BCUT2D eigenvalue weighted by Gasteiger charge is 2.26. The SMILES string of the molecule is O=C(NCc1cccs1)C(=O)NC[C@H](c1cccs1)N1CCc2ccccc2C1. The minimum atomic E-state index is -0.590. The van der Waals surface area contributed by atoms with Crippen LogP contribution in [-0.2, 0) is 29.1 Å². The van der Waals surface area contributed by atoms with Crippen molar-refractivity contribution >= 4 is 34.5 Å². The van der Waals surface area contributed by atoms with E-state index in [0.29, 0.717) is 13.1 Å². The molecule has 0 fully saturated rings. The van der Waals surface area contributed by atoms with Crippen molar-refractivity contribution in [1.29, 1.82) is 0 Å². The van der Waals surface area contributed by atoms with Crippen LogP contribution in [0, 0.1) is 0 Å². The van der Waals surface area contributed by atoms with E-state index in [1.165, 1.54) is 16.0 Å². The van der Waals surface area contributed by atoms with Crippen molar-refractivity contribution in [2.75, 3.05) is 13.1 Å². The van der Waals surface area contributed by atoms with Crippen molar-refractivity contribution in [2.45, 2.75) is 25.6 Å². The highest BCUT2D eigenvalue weighted by atomic mass is 32.1. The van der Waals surface area contributed by atoms with Crippen LogP contribution in [-0.4, -0.2) is 29.8 Å². The van der Waals surface area contributed by atoms with E-state index in [4.69, 9.17) is 0 Å². The van der Waals surface area contributed by atoms with Crippen LogP contribution >= 0.6 is 22.7 Å². The van der Waals surface area contributed by atoms with E-state index in [1.54, 1.807) is 22.7 Å². The molecular formula is C22H23N3O2S2. The van der Waals surface area contributed by atoms with Gasteiger partial charge in [-0.05, 0) is 40.4 Å². The van der Waals surface area contributed by atoms with E-state index in [2.05, 4.69) is 51.2 Å². The monoisotopic (exact) mass is 425 g/mol. The number of nitrogens with zero attached hydrogens (tertiary/aromatic N) is 1. The number of carbonyl (C=O) groups excluding carboxylic acids is 2. The molecule has 0 spiro atoms. The van der Waals surface area contributed by atoms with Crippen LogP contribution in [0.1, 0.15) is 26.9 Å². The number of hydrogen-bond acceptors (Lipinski definition) is 5. The molecule has 0 unspecified atom stereocenters. The summed E-state index contributed by atoms with van der Waals surface area (Å²) in [5.74, 6) is -1.17. The number of benzene rings is 1. The molecule has 1 aliphatic heterocycles. The molecule has 2 amide bonds. The minimum absolute atomic E-state index is 0.0532. The maximum atomic E-state index is 12.3. The summed E-state index contributed by atoms with van der Waals surface area (Å²) in [6, 6.07) is 16.5. The van der Waals surface area contributed by atoms with Gasteiger partial charge in [-0.15, -0.1) is 22.7 Å². The van der Waals surface area contributed by atoms with Gasteiger partial charge in [0, 0.05) is 29.4 Å². The Kier molecular flexibility index (Phi) is 6.39. The zero-order valence-corrected chi connectivity index (χ0v) is 17.6. The summed E-state index contributed by atoms with van der Waals surface area (Å²) in [6.45, 7) is 2.56. The van der Waals surface area contributed by atoms with E-state index in [-0.39, 0.29) is 6.04 Å². The topological polar surface area (TPSA) is 61.4 Å². The van der Waals surface area contributed by atoms with Gasteiger partial charge >= 0.3 is 11.8 Å². The van der Waals surface area contributed by atoms with E-state index in [0.717, 1.165) is 24.4 Å². The lowest BCUT2D eigenvalue weighted by Crippen LogP contribution is -2.44. The molecule has 3 aromatic rings. The Labute approximate surface area is 178 Å². The Bertz CT molecular complexity index is 954. The van der Waals surface area contributed by atoms with Gasteiger partial charge in [-0.25, -0.2) is 0 Å². The molecule has 0 saturated carbocycles. The van der Waals surface area contributed by atoms with Crippen LogP contribution in [0.5, 0.6) is 0 Å². The van der Waals surface area contributed by atoms with Crippen LogP contribution in [0.4, 0.5) is 0 Å². The lowest BCUT2D eigenvalue weighted by molar-refractivity contribution is -0.139. The van der Waals surface area contributed by atoms with Gasteiger partial charge in [0.15, 0.2) is 0 Å². The van der Waals surface area contributed by atoms with Crippen LogP contribution in [0.15, 0.2) is 59.3 Å². The molecule has 0 saturated heterocycles. The number of carbonyl (C=O) groups is 2. The third-order valence-corrected chi connectivity index (χ3v) is 6.99. The van der Waals surface area contributed by atoms with Gasteiger partial charge in [0.1, 0.15) is 0 Å². The first-order valence-corrected chi connectivity index (χ1v) is 11.4. The normalized spacial score (nSPS) is 14.8. The fourth-order valence-electron chi connectivity index (χ4n) is 3.60. The second-order valence-corrected chi connectivity index (χ2v) is 9.00. The van der Waals surface area contributed by atoms with Crippen molar-refractivity contribution < 1.29 is 9.59 Å². The highest BCUT2D eigenvalue weighted by molar-refractivity contribution is 7.10. The van der Waals surface area contributed by atoms with E-state index in [9.17, 15) is 9.59 Å². The molecule has 0 aliphatic carbocycles. The number of amides is 2. The first-order chi connectivity index (χ1) is 14.2. The molecule has 7 heteroatoms. The number of rotatable bonds is 6. The van der Waals surface area contributed by atoms with Crippen LogP contribution in [0.2, 0.25) is 0 Å². The second-order valence-electron chi connectivity index (χ2n) is 6.99. The first-order valence-electron chi connectivity index (χ1n) is 9.63. The molecule has 1 aliphatic rings. The molecule has 2 N–H and O–H groups in total. The summed E-state index contributed by atoms with van der Waals surface area (Å²) in [7, 11) is 0. The minimum Gasteiger partial charge on any atom is -0.346 e. The average molecular weight is 426 g/mol. The Morgan fingerprint density at radius 3 is 2.45 bits per heavy atom. The molecule has 4 rings (SSSR count). The van der Waals surface area contributed by atoms with E-state index < -0.39 is 11.8 Å². The van der Waals surface area contributed by atoms with Gasteiger partial charge in [-0.2, -0.15) is 0 Å². The number of fused-ring (bicyclic) bond motifs is 1. The number of hydrogen-bond donors (Lipinski definition) is 2. The summed E-state index contributed by atoms with van der Waals surface area (Å²) in [5.41, 5.74) is 2.73. The molecule has 0 bridgehead atoms. The summed E-state index contributed by atoms with van der Waals surface area (Å²) in [5, 5.41) is 9.52. The molecule has 2 aromatic heterocycles. The zero-order chi connectivity index (χ0) is 20.1. The fraction of sp³-hybridized carbons (Fsp3) is 0.273. The first kappa shape index (κ1) is 19.8. The van der Waals surface area contributed by atoms with Crippen LogP contribution < -0.4 is 10.6 Å². The summed E-state index contributed by atoms with van der Waals surface area (Å²) in [4.78, 5) is 29.1. The fourth-order valence-corrected chi connectivity index (χ4v) is 5.11. The van der Waals surface area contributed by atoms with E-state index in [1.807, 2.05) is 23.6 Å². The van der Waals surface area contributed by atoms with Crippen LogP contribution in [0.25, 0.3) is 0 Å². The van der Waals surface area contributed by atoms with Crippen molar-refractivity contribution in [1.82, 2.24) is 15.5 Å². The lowest BCUT2D eigenvalue weighted by Gasteiger charge is -2.35. The van der Waals surface area contributed by atoms with Crippen LogP contribution in [0.3, 0.4) is 0 Å². The molecule has 150 valence electrons. The van der Waals surface area contributed by atoms with Crippen molar-refractivity contribution in [3.05, 3.63) is 80.2 Å². The molecule has 0 radical (unpaired) electrons. The molecule has 29 heavy (non-hydrogen) atoms. The van der Waals surface area contributed by atoms with Gasteiger partial charge in [0.05, 0.1) is 12.6 Å². The average Bonchev–Trinajstić information content (AvgIpc) is 3.46. The van der Waals surface area contributed by atoms with Gasteiger partial charge in [0.2, 0.25) is 0 Å². The molecule has 3 heterocycles. The Hall–Kier alpha value is -2.48. The molecule has 5 nitrogen and oxygen atoms in total. The summed E-state index contributed by atoms with van der Waals surface area (Å²) >= 11 is 3.24. The Morgan fingerprint density at radius 1 is 0.931 bits per heavy atom. The van der Waals surface area contributed by atoms with Crippen molar-refractivity contribution in [3.63, 3.8) is 0 Å². The van der Waals surface area contributed by atoms with Gasteiger partial charge in [-0.3, -0.25) is 14.5 Å². The quantitative estimate of drug-likeness (QED) is 0.596. The van der Waals surface area contributed by atoms with Crippen molar-refractivity contribution in [3.8, 4) is 0 Å². The molecule has 1 atom stereocenters. The lowest BCUT2D eigenvalue weighted by atomic mass is 9.98. The van der Waals surface area contributed by atoms with Gasteiger partial charge in [0.25, 0.3) is 0 Å². The zero-order valence-electron chi connectivity index (χ0n) is 16.0. The van der Waals surface area contributed by atoms with Gasteiger partial charge in [-0.1, -0.05) is 36.4 Å². The van der Waals surface area contributed by atoms with Gasteiger partial charge < -0.3 is 10.6 Å². The predicted octanol–water partition coefficient (Wildman–Crippen LogP) is 3.34. The standard InChI is InChI=1S/C22H23N3O2S2/c26-21(23-13-18-7-3-11-28-18)22(27)24-14-19(20-8-4-12-29-20)25-10-9-16-5-1-2-6-17(16)15-25/h1-8,11-12,19H,9-10,13-15H2,(H,23,26)(H,24,27)/t19-/m1/s1. The maximum Gasteiger partial charge on any atom is 0.309 e. The smallest absolute Gasteiger partial charge is 0.309 e. The molecular weight excluding hydrogens is 402 g/mol. The number of thiophene rings is 2. The largest absolute Gasteiger partial charge is 0.346 e. The third kappa shape index (κ3) is 4.93.